The van der Waals surface area contributed by atoms with E-state index >= 15 is 0 Å². The highest BCUT2D eigenvalue weighted by atomic mass is 16.7. The first kappa shape index (κ1) is 5.27. The van der Waals surface area contributed by atoms with Gasteiger partial charge in [0.25, 0.3) is 0 Å². The summed E-state index contributed by atoms with van der Waals surface area (Å²) in [4.78, 5) is 5.25. The number of oxime groups is 1. The molecule has 1 aliphatic heterocycles. The molecule has 0 N–H and O–H groups in total. The Morgan fingerprint density at radius 2 is 2.22 bits per heavy atom. The predicted molar refractivity (Wildman–Crippen MR) is 35.3 cm³/mol. The van der Waals surface area contributed by atoms with Crippen LogP contribution in [-0.2, 0) is 4.84 Å². The van der Waals surface area contributed by atoms with Gasteiger partial charge in [-0.2, -0.15) is 0 Å². The van der Waals surface area contributed by atoms with Crippen LogP contribution in [0, 0.1) is 11.8 Å². The van der Waals surface area contributed by atoms with E-state index in [2.05, 4.69) is 19.0 Å². The lowest BCUT2D eigenvalue weighted by atomic mass is 10.2. The van der Waals surface area contributed by atoms with E-state index < -0.39 is 0 Å². The van der Waals surface area contributed by atoms with Gasteiger partial charge in [-0.15, -0.1) is 0 Å². The molecule has 1 spiro atoms. The van der Waals surface area contributed by atoms with Crippen molar-refractivity contribution in [1.82, 2.24) is 0 Å². The minimum atomic E-state index is 0.139. The maximum absolute atomic E-state index is 5.25. The molecule has 1 heterocycles. The van der Waals surface area contributed by atoms with Crippen LogP contribution in [0.2, 0.25) is 0 Å². The lowest BCUT2D eigenvalue weighted by Crippen LogP contribution is -2.09. The molecule has 2 unspecified atom stereocenters. The highest BCUT2D eigenvalue weighted by Gasteiger charge is 2.63. The van der Waals surface area contributed by atoms with Gasteiger partial charge >= 0.3 is 0 Å². The van der Waals surface area contributed by atoms with Crippen molar-refractivity contribution in [2.75, 3.05) is 0 Å². The van der Waals surface area contributed by atoms with Gasteiger partial charge in [0.05, 0.1) is 0 Å². The number of hydrogen-bond donors (Lipinski definition) is 0. The molecule has 0 radical (unpaired) electrons. The molecule has 0 aromatic heterocycles. The molecule has 1 aliphatic carbocycles. The normalized spacial score (nSPS) is 54.0. The molecule has 2 atom stereocenters. The maximum atomic E-state index is 5.25. The molecule has 0 aromatic rings. The minimum Gasteiger partial charge on any atom is -0.389 e. The summed E-state index contributed by atoms with van der Waals surface area (Å²) < 4.78 is 0. The van der Waals surface area contributed by atoms with E-state index in [9.17, 15) is 0 Å². The van der Waals surface area contributed by atoms with Crippen LogP contribution in [0.5, 0.6) is 0 Å². The highest BCUT2D eigenvalue weighted by molar-refractivity contribution is 5.61. The zero-order chi connectivity index (χ0) is 6.48. The van der Waals surface area contributed by atoms with Gasteiger partial charge in [-0.1, -0.05) is 19.0 Å². The lowest BCUT2D eigenvalue weighted by Gasteiger charge is -2.03. The Balaban J connectivity index is 2.14. The lowest BCUT2D eigenvalue weighted by molar-refractivity contribution is 0.0447. The van der Waals surface area contributed by atoms with Crippen molar-refractivity contribution < 1.29 is 4.84 Å². The van der Waals surface area contributed by atoms with Crippen LogP contribution >= 0.6 is 0 Å². The Morgan fingerprint density at radius 1 is 1.56 bits per heavy atom. The molecule has 0 saturated heterocycles. The third-order valence-corrected chi connectivity index (χ3v) is 2.89. The smallest absolute Gasteiger partial charge is 0.148 e. The van der Waals surface area contributed by atoms with Crippen molar-refractivity contribution in [2.24, 2.45) is 17.0 Å². The summed E-state index contributed by atoms with van der Waals surface area (Å²) in [5.41, 5.74) is 0.139. The summed E-state index contributed by atoms with van der Waals surface area (Å²) in [5.74, 6) is 1.42. The zero-order valence-electron chi connectivity index (χ0n) is 5.79. The molecular formula is C7H11NO. The molecule has 0 amide bonds. The Labute approximate surface area is 54.9 Å². The average Bonchev–Trinajstić information content (AvgIpc) is 2.44. The summed E-state index contributed by atoms with van der Waals surface area (Å²) in [6, 6.07) is 0. The van der Waals surface area contributed by atoms with Crippen LogP contribution in [-0.4, -0.2) is 11.8 Å². The molecule has 2 rings (SSSR count). The van der Waals surface area contributed by atoms with E-state index in [1.54, 1.807) is 0 Å². The number of rotatable bonds is 0. The third-order valence-electron chi connectivity index (χ3n) is 2.89. The highest BCUT2D eigenvalue weighted by Crippen LogP contribution is 2.56. The van der Waals surface area contributed by atoms with Crippen LogP contribution in [0.4, 0.5) is 0 Å². The van der Waals surface area contributed by atoms with Crippen molar-refractivity contribution in [2.45, 2.75) is 25.9 Å². The molecule has 0 aromatic carbocycles. The second-order valence-corrected chi connectivity index (χ2v) is 3.12. The predicted octanol–water partition coefficient (Wildman–Crippen LogP) is 1.42. The summed E-state index contributed by atoms with van der Waals surface area (Å²) in [6.07, 6.45) is 2.90. The Morgan fingerprint density at radius 3 is 2.44 bits per heavy atom. The molecular weight excluding hydrogens is 114 g/mol. The molecule has 2 nitrogen and oxygen atoms in total. The SMILES string of the molecule is CC1C(C)C12CC=NO2. The first-order chi connectivity index (χ1) is 4.27. The molecule has 1 saturated carbocycles. The van der Waals surface area contributed by atoms with Crippen molar-refractivity contribution in [1.29, 1.82) is 0 Å². The number of nitrogens with zero attached hydrogens (tertiary/aromatic N) is 1. The van der Waals surface area contributed by atoms with Gasteiger partial charge in [0.2, 0.25) is 0 Å². The van der Waals surface area contributed by atoms with Gasteiger partial charge in [-0.05, 0) is 0 Å². The van der Waals surface area contributed by atoms with Gasteiger partial charge in [0, 0.05) is 24.5 Å². The van der Waals surface area contributed by atoms with E-state index in [1.165, 1.54) is 0 Å². The van der Waals surface area contributed by atoms with E-state index in [0.717, 1.165) is 6.42 Å². The monoisotopic (exact) mass is 125 g/mol. The standard InChI is InChI=1S/C7H11NO/c1-5-6(2)7(5)3-4-8-9-7/h4-6H,3H2,1-2H3. The van der Waals surface area contributed by atoms with Crippen LogP contribution < -0.4 is 0 Å². The van der Waals surface area contributed by atoms with Crippen LogP contribution in [0.3, 0.4) is 0 Å². The topological polar surface area (TPSA) is 21.6 Å². The van der Waals surface area contributed by atoms with Gasteiger partial charge in [-0.3, -0.25) is 0 Å². The summed E-state index contributed by atoms with van der Waals surface area (Å²) in [5, 5.41) is 3.77. The maximum Gasteiger partial charge on any atom is 0.148 e. The molecule has 0 bridgehead atoms. The van der Waals surface area contributed by atoms with Gasteiger partial charge in [0.15, 0.2) is 0 Å². The minimum absolute atomic E-state index is 0.139. The summed E-state index contributed by atoms with van der Waals surface area (Å²) in [6.45, 7) is 4.44. The second-order valence-electron chi connectivity index (χ2n) is 3.12. The largest absolute Gasteiger partial charge is 0.389 e. The zero-order valence-corrected chi connectivity index (χ0v) is 5.79. The van der Waals surface area contributed by atoms with Crippen molar-refractivity contribution in [3.63, 3.8) is 0 Å². The van der Waals surface area contributed by atoms with Crippen LogP contribution in [0.1, 0.15) is 20.3 Å². The summed E-state index contributed by atoms with van der Waals surface area (Å²) >= 11 is 0. The average molecular weight is 125 g/mol. The summed E-state index contributed by atoms with van der Waals surface area (Å²) in [7, 11) is 0. The van der Waals surface area contributed by atoms with E-state index in [4.69, 9.17) is 4.84 Å². The first-order valence-corrected chi connectivity index (χ1v) is 3.47. The third kappa shape index (κ3) is 0.443. The van der Waals surface area contributed by atoms with E-state index in [1.807, 2.05) is 6.21 Å². The van der Waals surface area contributed by atoms with Crippen LogP contribution in [0.25, 0.3) is 0 Å². The van der Waals surface area contributed by atoms with Crippen molar-refractivity contribution in [3.8, 4) is 0 Å². The van der Waals surface area contributed by atoms with Gasteiger partial charge in [-0.25, -0.2) is 0 Å². The fraction of sp³-hybridized carbons (Fsp3) is 0.857. The van der Waals surface area contributed by atoms with Gasteiger partial charge < -0.3 is 4.84 Å². The fourth-order valence-electron chi connectivity index (χ4n) is 1.71. The fourth-order valence-corrected chi connectivity index (χ4v) is 1.71. The van der Waals surface area contributed by atoms with E-state index in [-0.39, 0.29) is 5.60 Å². The molecule has 1 fully saturated rings. The Bertz CT molecular complexity index is 146. The van der Waals surface area contributed by atoms with Crippen LogP contribution in [0.15, 0.2) is 5.16 Å². The quantitative estimate of drug-likeness (QED) is 0.479. The Kier molecular flexibility index (Phi) is 0.765. The van der Waals surface area contributed by atoms with E-state index in [0.29, 0.717) is 11.8 Å². The molecule has 2 aliphatic rings. The molecule has 9 heavy (non-hydrogen) atoms. The second kappa shape index (κ2) is 1.31. The number of hydrogen-bond acceptors (Lipinski definition) is 2. The molecule has 2 heteroatoms. The molecule has 50 valence electrons. The van der Waals surface area contributed by atoms with Crippen molar-refractivity contribution in [3.05, 3.63) is 0 Å². The van der Waals surface area contributed by atoms with Crippen molar-refractivity contribution >= 4 is 6.21 Å². The Hall–Kier alpha value is -0.530. The first-order valence-electron chi connectivity index (χ1n) is 3.47. The van der Waals surface area contributed by atoms with Gasteiger partial charge in [0.1, 0.15) is 5.60 Å².